The fraction of sp³-hybridized carbons (Fsp3) is 0.167. The largest absolute Gasteiger partial charge is 0.358 e. The first-order chi connectivity index (χ1) is 9.81. The summed E-state index contributed by atoms with van der Waals surface area (Å²) >= 11 is 14.7. The highest BCUT2D eigenvalue weighted by Crippen LogP contribution is 2.27. The van der Waals surface area contributed by atoms with Gasteiger partial charge >= 0.3 is 5.82 Å². The lowest BCUT2D eigenvalue weighted by Crippen LogP contribution is -2.14. The number of imidazole rings is 1. The fourth-order valence-electron chi connectivity index (χ4n) is 1.82. The molecule has 110 valence electrons. The van der Waals surface area contributed by atoms with Crippen LogP contribution in [0.15, 0.2) is 22.8 Å². The van der Waals surface area contributed by atoms with Crippen molar-refractivity contribution in [3.63, 3.8) is 0 Å². The van der Waals surface area contributed by atoms with E-state index in [1.54, 1.807) is 6.92 Å². The van der Waals surface area contributed by atoms with Gasteiger partial charge in [0.15, 0.2) is 12.4 Å². The highest BCUT2D eigenvalue weighted by molar-refractivity contribution is 9.10. The van der Waals surface area contributed by atoms with Gasteiger partial charge in [0.1, 0.15) is 0 Å². The fourth-order valence-corrected chi connectivity index (χ4v) is 2.95. The van der Waals surface area contributed by atoms with Gasteiger partial charge in [-0.1, -0.05) is 23.2 Å². The van der Waals surface area contributed by atoms with Crippen LogP contribution >= 0.6 is 39.1 Å². The zero-order valence-corrected chi connectivity index (χ0v) is 13.7. The SMILES string of the molecule is Cc1nc(Br)c([N+](=O)[O-])n1CC(=O)c1ccc(Cl)cc1Cl. The molecule has 0 fully saturated rings. The van der Waals surface area contributed by atoms with Crippen molar-refractivity contribution in [2.75, 3.05) is 0 Å². The highest BCUT2D eigenvalue weighted by atomic mass is 79.9. The first-order valence-corrected chi connectivity index (χ1v) is 7.21. The lowest BCUT2D eigenvalue weighted by atomic mass is 10.1. The Bertz CT molecular complexity index is 746. The molecule has 0 radical (unpaired) electrons. The second-order valence-electron chi connectivity index (χ2n) is 4.16. The van der Waals surface area contributed by atoms with Gasteiger partial charge in [0, 0.05) is 17.5 Å². The van der Waals surface area contributed by atoms with Crippen molar-refractivity contribution < 1.29 is 9.72 Å². The third-order valence-electron chi connectivity index (χ3n) is 2.80. The van der Waals surface area contributed by atoms with Gasteiger partial charge < -0.3 is 10.1 Å². The number of hydrogen-bond donors (Lipinski definition) is 0. The van der Waals surface area contributed by atoms with Crippen LogP contribution in [0.2, 0.25) is 10.0 Å². The summed E-state index contributed by atoms with van der Waals surface area (Å²) in [5.41, 5.74) is 0.250. The topological polar surface area (TPSA) is 78.0 Å². The molecule has 0 aliphatic carbocycles. The van der Waals surface area contributed by atoms with E-state index in [9.17, 15) is 14.9 Å². The average Bonchev–Trinajstić information content (AvgIpc) is 2.63. The second kappa shape index (κ2) is 6.13. The molecule has 0 N–H and O–H groups in total. The van der Waals surface area contributed by atoms with Gasteiger partial charge in [-0.15, -0.1) is 0 Å². The third kappa shape index (κ3) is 3.25. The van der Waals surface area contributed by atoms with Crippen LogP contribution in [0.5, 0.6) is 0 Å². The number of halogens is 3. The molecule has 9 heteroatoms. The van der Waals surface area contributed by atoms with Gasteiger partial charge in [0.25, 0.3) is 0 Å². The summed E-state index contributed by atoms with van der Waals surface area (Å²) in [5, 5.41) is 11.7. The van der Waals surface area contributed by atoms with Gasteiger partial charge in [-0.25, -0.2) is 4.57 Å². The number of rotatable bonds is 4. The molecular formula is C12H8BrCl2N3O3. The maximum absolute atomic E-state index is 12.3. The van der Waals surface area contributed by atoms with E-state index in [-0.39, 0.29) is 33.3 Å². The molecule has 0 amide bonds. The number of ketones is 1. The molecule has 0 aliphatic rings. The standard InChI is InChI=1S/C12H8BrCl2N3O3/c1-6-16-11(13)12(18(20)21)17(6)5-10(19)8-3-2-7(14)4-9(8)15/h2-4H,5H2,1H3. The van der Waals surface area contributed by atoms with Crippen LogP contribution in [-0.4, -0.2) is 20.3 Å². The van der Waals surface area contributed by atoms with Crippen LogP contribution in [0, 0.1) is 17.0 Å². The molecule has 1 heterocycles. The normalized spacial score (nSPS) is 10.7. The van der Waals surface area contributed by atoms with Crippen LogP contribution in [0.3, 0.4) is 0 Å². The Balaban J connectivity index is 2.38. The molecular weight excluding hydrogens is 385 g/mol. The van der Waals surface area contributed by atoms with Gasteiger partial charge in [-0.2, -0.15) is 4.98 Å². The molecule has 0 bridgehead atoms. The van der Waals surface area contributed by atoms with Crippen LogP contribution in [0.25, 0.3) is 0 Å². The van der Waals surface area contributed by atoms with Crippen molar-refractivity contribution in [2.45, 2.75) is 13.5 Å². The van der Waals surface area contributed by atoms with Gasteiger partial charge in [-0.05, 0) is 39.1 Å². The van der Waals surface area contributed by atoms with Gasteiger partial charge in [-0.3, -0.25) is 4.79 Å². The molecule has 0 saturated carbocycles. The number of carbonyl (C=O) groups is 1. The monoisotopic (exact) mass is 391 g/mol. The van der Waals surface area contributed by atoms with Crippen molar-refractivity contribution >= 4 is 50.7 Å². The molecule has 6 nitrogen and oxygen atoms in total. The molecule has 2 aromatic rings. The summed E-state index contributed by atoms with van der Waals surface area (Å²) in [6.45, 7) is 1.34. The minimum Gasteiger partial charge on any atom is -0.358 e. The Morgan fingerprint density at radius 1 is 1.48 bits per heavy atom. The van der Waals surface area contributed by atoms with E-state index >= 15 is 0 Å². The Kier molecular flexibility index (Phi) is 4.65. The molecule has 0 atom stereocenters. The van der Waals surface area contributed by atoms with Crippen molar-refractivity contribution in [1.82, 2.24) is 9.55 Å². The van der Waals surface area contributed by atoms with Crippen molar-refractivity contribution in [2.24, 2.45) is 0 Å². The molecule has 0 aliphatic heterocycles. The smallest absolute Gasteiger partial charge is 0.357 e. The Hall–Kier alpha value is -1.44. The van der Waals surface area contributed by atoms with E-state index in [1.807, 2.05) is 0 Å². The second-order valence-corrected chi connectivity index (χ2v) is 5.76. The van der Waals surface area contributed by atoms with Crippen LogP contribution in [0.1, 0.15) is 16.2 Å². The number of aryl methyl sites for hydroxylation is 1. The zero-order valence-electron chi connectivity index (χ0n) is 10.6. The van der Waals surface area contributed by atoms with E-state index < -0.39 is 4.92 Å². The van der Waals surface area contributed by atoms with E-state index in [2.05, 4.69) is 20.9 Å². The maximum Gasteiger partial charge on any atom is 0.357 e. The predicted octanol–water partition coefficient (Wildman–Crippen LogP) is 4.05. The molecule has 0 saturated heterocycles. The summed E-state index contributed by atoms with van der Waals surface area (Å²) in [6, 6.07) is 4.47. The molecule has 2 rings (SSSR count). The number of nitrogens with zero attached hydrogens (tertiary/aromatic N) is 3. The highest BCUT2D eigenvalue weighted by Gasteiger charge is 2.26. The Morgan fingerprint density at radius 2 is 2.14 bits per heavy atom. The van der Waals surface area contributed by atoms with E-state index in [1.165, 1.54) is 22.8 Å². The summed E-state index contributed by atoms with van der Waals surface area (Å²) < 4.78 is 1.30. The van der Waals surface area contributed by atoms with Crippen LogP contribution in [-0.2, 0) is 6.54 Å². The molecule has 0 unspecified atom stereocenters. The lowest BCUT2D eigenvalue weighted by molar-refractivity contribution is -0.392. The minimum absolute atomic E-state index is 0.0833. The number of Topliss-reactive ketones (excluding diaryl/α,β-unsaturated/α-hetero) is 1. The first-order valence-electron chi connectivity index (χ1n) is 5.66. The number of carbonyl (C=O) groups excluding carboxylic acids is 1. The number of benzene rings is 1. The van der Waals surface area contributed by atoms with Crippen molar-refractivity contribution in [3.8, 4) is 0 Å². The quantitative estimate of drug-likeness (QED) is 0.446. The Labute approximate surface area is 138 Å². The van der Waals surface area contributed by atoms with Crippen molar-refractivity contribution in [3.05, 3.63) is 54.3 Å². The lowest BCUT2D eigenvalue weighted by Gasteiger charge is -2.05. The molecule has 1 aromatic carbocycles. The summed E-state index contributed by atoms with van der Waals surface area (Å²) in [7, 11) is 0. The zero-order chi connectivity index (χ0) is 15.7. The number of hydrogen-bond acceptors (Lipinski definition) is 4. The molecule has 21 heavy (non-hydrogen) atoms. The maximum atomic E-state index is 12.3. The summed E-state index contributed by atoms with van der Waals surface area (Å²) in [4.78, 5) is 26.7. The first kappa shape index (κ1) is 15.9. The van der Waals surface area contributed by atoms with E-state index in [0.29, 0.717) is 10.8 Å². The number of nitro groups is 1. The number of aromatic nitrogens is 2. The van der Waals surface area contributed by atoms with Crippen LogP contribution in [0.4, 0.5) is 5.82 Å². The van der Waals surface area contributed by atoms with E-state index in [0.717, 1.165) is 0 Å². The van der Waals surface area contributed by atoms with Crippen molar-refractivity contribution in [1.29, 1.82) is 0 Å². The van der Waals surface area contributed by atoms with E-state index in [4.69, 9.17) is 23.2 Å². The Morgan fingerprint density at radius 3 is 2.71 bits per heavy atom. The molecule has 1 aromatic heterocycles. The van der Waals surface area contributed by atoms with Crippen LogP contribution < -0.4 is 0 Å². The minimum atomic E-state index is -0.596. The predicted molar refractivity (Wildman–Crippen MR) is 82.1 cm³/mol. The summed E-state index contributed by atoms with van der Waals surface area (Å²) in [5.74, 6) is -0.286. The summed E-state index contributed by atoms with van der Waals surface area (Å²) in [6.07, 6.45) is 0. The molecule has 0 spiro atoms. The van der Waals surface area contributed by atoms with Gasteiger partial charge in [0.2, 0.25) is 10.4 Å². The third-order valence-corrected chi connectivity index (χ3v) is 3.88. The average molecular weight is 393 g/mol. The van der Waals surface area contributed by atoms with Gasteiger partial charge in [0.05, 0.1) is 5.02 Å².